The highest BCUT2D eigenvalue weighted by Gasteiger charge is 2.19. The van der Waals surface area contributed by atoms with E-state index >= 15 is 0 Å². The van der Waals surface area contributed by atoms with Crippen molar-refractivity contribution in [2.45, 2.75) is 26.2 Å². The normalized spacial score (nSPS) is 13.2. The summed E-state index contributed by atoms with van der Waals surface area (Å²) in [5, 5.41) is 6.00. The maximum absolute atomic E-state index is 5.76. The predicted molar refractivity (Wildman–Crippen MR) is 68.9 cm³/mol. The monoisotopic (exact) mass is 251 g/mol. The molecule has 1 unspecified atom stereocenters. The summed E-state index contributed by atoms with van der Waals surface area (Å²) in [4.78, 5) is 5.46. The van der Waals surface area contributed by atoms with Crippen LogP contribution in [0.15, 0.2) is 22.0 Å². The number of rotatable bonds is 5. The average molecular weight is 251 g/mol. The SMILES string of the molecule is CC(C)CC(CN)c1nc(-c2cccs2)no1. The first-order valence-corrected chi connectivity index (χ1v) is 6.66. The van der Waals surface area contributed by atoms with Crippen molar-refractivity contribution in [1.29, 1.82) is 0 Å². The van der Waals surface area contributed by atoms with Crippen molar-refractivity contribution in [2.24, 2.45) is 11.7 Å². The van der Waals surface area contributed by atoms with Gasteiger partial charge in [0.15, 0.2) is 0 Å². The zero-order valence-electron chi connectivity index (χ0n) is 10.1. The summed E-state index contributed by atoms with van der Waals surface area (Å²) in [6, 6.07) is 3.96. The molecule has 2 rings (SSSR count). The summed E-state index contributed by atoms with van der Waals surface area (Å²) in [5.41, 5.74) is 5.76. The largest absolute Gasteiger partial charge is 0.339 e. The second-order valence-corrected chi connectivity index (χ2v) is 5.44. The van der Waals surface area contributed by atoms with Crippen molar-refractivity contribution in [3.8, 4) is 10.7 Å². The summed E-state index contributed by atoms with van der Waals surface area (Å²) < 4.78 is 5.31. The van der Waals surface area contributed by atoms with Gasteiger partial charge in [0.2, 0.25) is 11.7 Å². The highest BCUT2D eigenvalue weighted by molar-refractivity contribution is 7.13. The molecule has 0 radical (unpaired) electrons. The van der Waals surface area contributed by atoms with Gasteiger partial charge >= 0.3 is 0 Å². The molecular weight excluding hydrogens is 234 g/mol. The first kappa shape index (κ1) is 12.3. The number of thiophene rings is 1. The molecule has 0 aromatic carbocycles. The van der Waals surface area contributed by atoms with E-state index in [1.165, 1.54) is 0 Å². The van der Waals surface area contributed by atoms with Crippen molar-refractivity contribution >= 4 is 11.3 Å². The average Bonchev–Trinajstić information content (AvgIpc) is 2.95. The lowest BCUT2D eigenvalue weighted by atomic mass is 9.97. The van der Waals surface area contributed by atoms with Crippen LogP contribution in [0.25, 0.3) is 10.7 Å². The van der Waals surface area contributed by atoms with E-state index in [1.54, 1.807) is 11.3 Å². The number of hydrogen-bond acceptors (Lipinski definition) is 5. The third kappa shape index (κ3) is 2.92. The minimum Gasteiger partial charge on any atom is -0.339 e. The van der Waals surface area contributed by atoms with Crippen LogP contribution in [0.4, 0.5) is 0 Å². The summed E-state index contributed by atoms with van der Waals surface area (Å²) in [6.07, 6.45) is 0.975. The molecule has 0 aliphatic rings. The van der Waals surface area contributed by atoms with E-state index in [1.807, 2.05) is 17.5 Å². The van der Waals surface area contributed by atoms with Crippen LogP contribution in [0, 0.1) is 5.92 Å². The van der Waals surface area contributed by atoms with Gasteiger partial charge in [-0.1, -0.05) is 25.1 Å². The molecule has 0 aliphatic heterocycles. The van der Waals surface area contributed by atoms with Crippen LogP contribution in [-0.2, 0) is 0 Å². The van der Waals surface area contributed by atoms with Crippen LogP contribution in [-0.4, -0.2) is 16.7 Å². The smallest absolute Gasteiger partial charge is 0.231 e. The van der Waals surface area contributed by atoms with Gasteiger partial charge in [-0.25, -0.2) is 0 Å². The van der Waals surface area contributed by atoms with Gasteiger partial charge in [-0.2, -0.15) is 4.98 Å². The van der Waals surface area contributed by atoms with Gasteiger partial charge in [-0.05, 0) is 23.8 Å². The van der Waals surface area contributed by atoms with Crippen LogP contribution in [0.3, 0.4) is 0 Å². The summed E-state index contributed by atoms with van der Waals surface area (Å²) in [7, 11) is 0. The lowest BCUT2D eigenvalue weighted by Gasteiger charge is -2.11. The maximum Gasteiger partial charge on any atom is 0.231 e. The summed E-state index contributed by atoms with van der Waals surface area (Å²) in [5.74, 6) is 2.05. The zero-order chi connectivity index (χ0) is 12.3. The van der Waals surface area contributed by atoms with Gasteiger partial charge in [-0.15, -0.1) is 11.3 Å². The first-order valence-electron chi connectivity index (χ1n) is 5.78. The topological polar surface area (TPSA) is 64.9 Å². The molecule has 2 heterocycles. The van der Waals surface area contributed by atoms with Crippen LogP contribution >= 0.6 is 11.3 Å². The third-order valence-corrected chi connectivity index (χ3v) is 3.44. The van der Waals surface area contributed by atoms with E-state index < -0.39 is 0 Å². The Bertz CT molecular complexity index is 450. The van der Waals surface area contributed by atoms with E-state index in [0.29, 0.717) is 24.2 Å². The van der Waals surface area contributed by atoms with E-state index in [2.05, 4.69) is 24.0 Å². The Labute approximate surface area is 105 Å². The highest BCUT2D eigenvalue weighted by Crippen LogP contribution is 2.26. The number of hydrogen-bond donors (Lipinski definition) is 1. The van der Waals surface area contributed by atoms with Crippen molar-refractivity contribution in [2.75, 3.05) is 6.54 Å². The van der Waals surface area contributed by atoms with Gasteiger partial charge in [0.1, 0.15) is 0 Å². The fraction of sp³-hybridized carbons (Fsp3) is 0.500. The van der Waals surface area contributed by atoms with Crippen molar-refractivity contribution in [3.05, 3.63) is 23.4 Å². The minimum absolute atomic E-state index is 0.163. The quantitative estimate of drug-likeness (QED) is 0.887. The highest BCUT2D eigenvalue weighted by atomic mass is 32.1. The Kier molecular flexibility index (Phi) is 3.91. The van der Waals surface area contributed by atoms with Gasteiger partial charge in [-0.3, -0.25) is 0 Å². The Morgan fingerprint density at radius 1 is 1.47 bits per heavy atom. The number of nitrogens with zero attached hydrogens (tertiary/aromatic N) is 2. The van der Waals surface area contributed by atoms with Gasteiger partial charge in [0.25, 0.3) is 0 Å². The Morgan fingerprint density at radius 2 is 2.29 bits per heavy atom. The zero-order valence-corrected chi connectivity index (χ0v) is 10.9. The molecule has 0 spiro atoms. The lowest BCUT2D eigenvalue weighted by molar-refractivity contribution is 0.335. The van der Waals surface area contributed by atoms with E-state index in [4.69, 9.17) is 10.3 Å². The van der Waals surface area contributed by atoms with Crippen molar-refractivity contribution < 1.29 is 4.52 Å². The standard InChI is InChI=1S/C12H17N3OS/c1-8(2)6-9(7-13)12-14-11(15-16-12)10-4-3-5-17-10/h3-5,8-9H,6-7,13H2,1-2H3. The molecule has 2 aromatic rings. The molecule has 2 N–H and O–H groups in total. The maximum atomic E-state index is 5.76. The molecule has 5 heteroatoms. The van der Waals surface area contributed by atoms with Crippen LogP contribution in [0.2, 0.25) is 0 Å². The molecule has 17 heavy (non-hydrogen) atoms. The molecule has 2 aromatic heterocycles. The second-order valence-electron chi connectivity index (χ2n) is 4.50. The lowest BCUT2D eigenvalue weighted by Crippen LogP contribution is -2.15. The fourth-order valence-electron chi connectivity index (χ4n) is 1.77. The van der Waals surface area contributed by atoms with E-state index in [-0.39, 0.29) is 5.92 Å². The molecule has 0 amide bonds. The second kappa shape index (κ2) is 5.42. The van der Waals surface area contributed by atoms with Gasteiger partial charge in [0, 0.05) is 6.54 Å². The summed E-state index contributed by atoms with van der Waals surface area (Å²) >= 11 is 1.61. The van der Waals surface area contributed by atoms with Crippen LogP contribution in [0.5, 0.6) is 0 Å². The predicted octanol–water partition coefficient (Wildman–Crippen LogP) is 2.89. The molecule has 1 atom stereocenters. The van der Waals surface area contributed by atoms with Crippen LogP contribution < -0.4 is 5.73 Å². The third-order valence-electron chi connectivity index (χ3n) is 2.57. The number of aromatic nitrogens is 2. The van der Waals surface area contributed by atoms with Crippen molar-refractivity contribution in [3.63, 3.8) is 0 Å². The molecule has 4 nitrogen and oxygen atoms in total. The summed E-state index contributed by atoms with van der Waals surface area (Å²) in [6.45, 7) is 4.88. The van der Waals surface area contributed by atoms with Crippen molar-refractivity contribution in [1.82, 2.24) is 10.1 Å². The number of nitrogens with two attached hydrogens (primary N) is 1. The molecular formula is C12H17N3OS. The first-order chi connectivity index (χ1) is 8.20. The van der Waals surface area contributed by atoms with Gasteiger partial charge < -0.3 is 10.3 Å². The molecule has 0 saturated carbocycles. The molecule has 0 saturated heterocycles. The van der Waals surface area contributed by atoms with Gasteiger partial charge in [0.05, 0.1) is 10.8 Å². The Morgan fingerprint density at radius 3 is 2.88 bits per heavy atom. The molecule has 0 bridgehead atoms. The van der Waals surface area contributed by atoms with E-state index in [9.17, 15) is 0 Å². The fourth-order valence-corrected chi connectivity index (χ4v) is 2.42. The van der Waals surface area contributed by atoms with E-state index in [0.717, 1.165) is 11.3 Å². The van der Waals surface area contributed by atoms with Crippen LogP contribution in [0.1, 0.15) is 32.1 Å². The molecule has 92 valence electrons. The Hall–Kier alpha value is -1.20. The molecule has 0 fully saturated rings. The Balaban J connectivity index is 2.16. The molecule has 0 aliphatic carbocycles. The minimum atomic E-state index is 0.163.